The average molecular weight is 284 g/mol. The molecular weight excluding hydrogens is 256 g/mol. The molecule has 2 bridgehead atoms. The zero-order valence-corrected chi connectivity index (χ0v) is 14.0. The summed E-state index contributed by atoms with van der Waals surface area (Å²) in [5, 5.41) is 3.45. The van der Waals surface area contributed by atoms with Crippen LogP contribution in [0.4, 0.5) is 5.69 Å². The van der Waals surface area contributed by atoms with Gasteiger partial charge in [-0.3, -0.25) is 4.99 Å². The third-order valence-electron chi connectivity index (χ3n) is 6.47. The first-order valence-corrected chi connectivity index (χ1v) is 8.21. The predicted octanol–water partition coefficient (Wildman–Crippen LogP) is 5.04. The monoisotopic (exact) mass is 284 g/mol. The largest absolute Gasteiger partial charge is 0.344 e. The van der Waals surface area contributed by atoms with Crippen LogP contribution in [0.25, 0.3) is 0 Å². The minimum Gasteiger partial charge on any atom is -0.344 e. The van der Waals surface area contributed by atoms with Gasteiger partial charge in [0.15, 0.2) is 0 Å². The highest BCUT2D eigenvalue weighted by molar-refractivity contribution is 5.93. The summed E-state index contributed by atoms with van der Waals surface area (Å²) in [6.07, 6.45) is 3.98. The van der Waals surface area contributed by atoms with Crippen LogP contribution in [0.15, 0.2) is 29.3 Å². The molecule has 1 aromatic carbocycles. The van der Waals surface area contributed by atoms with Crippen LogP contribution in [0.5, 0.6) is 0 Å². The van der Waals surface area contributed by atoms with Crippen molar-refractivity contribution in [1.29, 1.82) is 0 Å². The van der Waals surface area contributed by atoms with E-state index in [1.807, 2.05) is 0 Å². The molecule has 0 saturated heterocycles. The molecule has 2 heteroatoms. The number of aryl methyl sites for hydroxylation is 1. The molecule has 3 unspecified atom stereocenters. The van der Waals surface area contributed by atoms with Crippen molar-refractivity contribution in [2.75, 3.05) is 5.32 Å². The van der Waals surface area contributed by atoms with Crippen LogP contribution in [0, 0.1) is 23.7 Å². The van der Waals surface area contributed by atoms with Crippen molar-refractivity contribution in [2.45, 2.75) is 59.9 Å². The number of nitrogens with zero attached hydrogens (tertiary/aromatic N) is 1. The molecule has 2 nitrogen and oxygen atoms in total. The number of nitrogens with one attached hydrogen (secondary N) is 1. The van der Waals surface area contributed by atoms with E-state index in [0.29, 0.717) is 16.9 Å². The maximum atomic E-state index is 5.05. The van der Waals surface area contributed by atoms with Crippen LogP contribution < -0.4 is 5.32 Å². The summed E-state index contributed by atoms with van der Waals surface area (Å²) < 4.78 is 0. The fourth-order valence-electron chi connectivity index (χ4n) is 4.47. The molecule has 0 aromatic heterocycles. The minimum absolute atomic E-state index is 0.369. The smallest absolute Gasteiger partial charge is 0.0979 e. The first-order valence-electron chi connectivity index (χ1n) is 8.21. The number of aliphatic imine (C=N–C) groups is 1. The number of anilines is 1. The lowest BCUT2D eigenvalue weighted by molar-refractivity contribution is 0.137. The molecule has 3 rings (SSSR count). The molecule has 1 aromatic rings. The van der Waals surface area contributed by atoms with E-state index in [-0.39, 0.29) is 0 Å². The van der Waals surface area contributed by atoms with Crippen LogP contribution >= 0.6 is 0 Å². The Bertz CT molecular complexity index is 555. The van der Waals surface area contributed by atoms with Gasteiger partial charge >= 0.3 is 0 Å². The van der Waals surface area contributed by atoms with Gasteiger partial charge < -0.3 is 5.32 Å². The van der Waals surface area contributed by atoms with Crippen LogP contribution in [-0.2, 0) is 0 Å². The summed E-state index contributed by atoms with van der Waals surface area (Å²) >= 11 is 0. The molecule has 2 aliphatic rings. The summed E-state index contributed by atoms with van der Waals surface area (Å²) in [6.45, 7) is 11.6. The molecule has 2 aliphatic carbocycles. The summed E-state index contributed by atoms with van der Waals surface area (Å²) in [5.74, 6) is 1.90. The standard InChI is InChI=1S/C19H28N2/c1-13-6-8-16(9-7-13)20-14(2)21-17-12-15-10-11-19(17,5)18(15,3)4/h6-9,15,17H,10-12H2,1-5H3,(H,20,21). The predicted molar refractivity (Wildman–Crippen MR) is 90.9 cm³/mol. The normalized spacial score (nSPS) is 34.2. The van der Waals surface area contributed by atoms with Crippen LogP contribution in [-0.4, -0.2) is 11.9 Å². The molecule has 1 N–H and O–H groups in total. The Morgan fingerprint density at radius 2 is 1.86 bits per heavy atom. The van der Waals surface area contributed by atoms with E-state index in [4.69, 9.17) is 4.99 Å². The number of fused-ring (bicyclic) bond motifs is 2. The number of hydrogen-bond donors (Lipinski definition) is 1. The van der Waals surface area contributed by atoms with E-state index in [2.05, 4.69) is 64.2 Å². The minimum atomic E-state index is 0.369. The Kier molecular flexibility index (Phi) is 3.38. The summed E-state index contributed by atoms with van der Waals surface area (Å²) in [7, 11) is 0. The second-order valence-electron chi connectivity index (χ2n) is 7.83. The van der Waals surface area contributed by atoms with Crippen molar-refractivity contribution in [1.82, 2.24) is 0 Å². The van der Waals surface area contributed by atoms with Gasteiger partial charge in [-0.05, 0) is 62.0 Å². The van der Waals surface area contributed by atoms with Gasteiger partial charge in [0.1, 0.15) is 0 Å². The third-order valence-corrected chi connectivity index (χ3v) is 6.47. The molecule has 0 spiro atoms. The van der Waals surface area contributed by atoms with Crippen molar-refractivity contribution in [3.05, 3.63) is 29.8 Å². The van der Waals surface area contributed by atoms with E-state index in [1.165, 1.54) is 24.8 Å². The Hall–Kier alpha value is -1.31. The van der Waals surface area contributed by atoms with Crippen LogP contribution in [0.1, 0.15) is 52.5 Å². The second kappa shape index (κ2) is 4.86. The maximum Gasteiger partial charge on any atom is 0.0979 e. The van der Waals surface area contributed by atoms with Crippen molar-refractivity contribution in [3.8, 4) is 0 Å². The summed E-state index contributed by atoms with van der Waals surface area (Å²) in [5.41, 5.74) is 3.23. The molecule has 21 heavy (non-hydrogen) atoms. The summed E-state index contributed by atoms with van der Waals surface area (Å²) in [4.78, 5) is 5.05. The molecule has 2 fully saturated rings. The number of rotatable bonds is 2. The first kappa shape index (κ1) is 14.6. The lowest BCUT2D eigenvalue weighted by Gasteiger charge is -2.37. The maximum absolute atomic E-state index is 5.05. The van der Waals surface area contributed by atoms with Gasteiger partial charge in [-0.1, -0.05) is 38.5 Å². The van der Waals surface area contributed by atoms with Gasteiger partial charge in [-0.25, -0.2) is 0 Å². The zero-order valence-electron chi connectivity index (χ0n) is 14.0. The average Bonchev–Trinajstić information content (AvgIpc) is 2.74. The SMILES string of the molecule is CC(=NC1CC2CCC1(C)C2(C)C)Nc1ccc(C)cc1. The highest BCUT2D eigenvalue weighted by atomic mass is 15.0. The van der Waals surface area contributed by atoms with E-state index < -0.39 is 0 Å². The number of amidine groups is 1. The molecule has 0 amide bonds. The topological polar surface area (TPSA) is 24.4 Å². The van der Waals surface area contributed by atoms with Crippen molar-refractivity contribution in [3.63, 3.8) is 0 Å². The molecule has 2 saturated carbocycles. The molecule has 3 atom stereocenters. The van der Waals surface area contributed by atoms with Crippen LogP contribution in [0.2, 0.25) is 0 Å². The number of benzene rings is 1. The van der Waals surface area contributed by atoms with Gasteiger partial charge in [0.25, 0.3) is 0 Å². The number of hydrogen-bond acceptors (Lipinski definition) is 1. The van der Waals surface area contributed by atoms with Crippen molar-refractivity contribution < 1.29 is 0 Å². The molecule has 0 radical (unpaired) electrons. The highest BCUT2D eigenvalue weighted by Crippen LogP contribution is 2.66. The molecule has 0 heterocycles. The second-order valence-corrected chi connectivity index (χ2v) is 7.83. The van der Waals surface area contributed by atoms with E-state index >= 15 is 0 Å². The highest BCUT2D eigenvalue weighted by Gasteiger charge is 2.61. The van der Waals surface area contributed by atoms with Gasteiger partial charge in [0.2, 0.25) is 0 Å². The van der Waals surface area contributed by atoms with Gasteiger partial charge in [0, 0.05) is 5.69 Å². The Morgan fingerprint density at radius 1 is 1.19 bits per heavy atom. The fourth-order valence-corrected chi connectivity index (χ4v) is 4.47. The molecule has 114 valence electrons. The first-order chi connectivity index (χ1) is 9.83. The Labute approximate surface area is 129 Å². The van der Waals surface area contributed by atoms with Gasteiger partial charge in [-0.2, -0.15) is 0 Å². The van der Waals surface area contributed by atoms with Gasteiger partial charge in [0.05, 0.1) is 11.9 Å². The van der Waals surface area contributed by atoms with Gasteiger partial charge in [-0.15, -0.1) is 0 Å². The Balaban J connectivity index is 1.75. The van der Waals surface area contributed by atoms with E-state index in [1.54, 1.807) is 0 Å². The van der Waals surface area contributed by atoms with E-state index in [9.17, 15) is 0 Å². The van der Waals surface area contributed by atoms with Crippen LogP contribution in [0.3, 0.4) is 0 Å². The molecule has 0 aliphatic heterocycles. The molecular formula is C19H28N2. The lowest BCUT2D eigenvalue weighted by Crippen LogP contribution is -2.35. The Morgan fingerprint density at radius 3 is 2.38 bits per heavy atom. The van der Waals surface area contributed by atoms with Crippen molar-refractivity contribution >= 4 is 11.5 Å². The lowest BCUT2D eigenvalue weighted by atomic mass is 9.69. The van der Waals surface area contributed by atoms with E-state index in [0.717, 1.165) is 17.4 Å². The van der Waals surface area contributed by atoms with Crippen molar-refractivity contribution in [2.24, 2.45) is 21.7 Å². The quantitative estimate of drug-likeness (QED) is 0.597. The third kappa shape index (κ3) is 2.29. The summed E-state index contributed by atoms with van der Waals surface area (Å²) in [6, 6.07) is 9.00. The fraction of sp³-hybridized carbons (Fsp3) is 0.632. The zero-order chi connectivity index (χ0) is 15.3.